The van der Waals surface area contributed by atoms with Crippen LogP contribution in [0.4, 0.5) is 5.69 Å². The van der Waals surface area contributed by atoms with Crippen molar-refractivity contribution in [3.05, 3.63) is 28.2 Å². The summed E-state index contributed by atoms with van der Waals surface area (Å²) < 4.78 is 0.888. The SMILES string of the molecule is CC(C)CN(c1ccc(C=O)c(Br)c1)C1CC1. The lowest BCUT2D eigenvalue weighted by atomic mass is 10.1. The van der Waals surface area contributed by atoms with Crippen molar-refractivity contribution in [2.24, 2.45) is 5.92 Å². The van der Waals surface area contributed by atoms with E-state index in [4.69, 9.17) is 0 Å². The van der Waals surface area contributed by atoms with E-state index in [2.05, 4.69) is 46.8 Å². The lowest BCUT2D eigenvalue weighted by molar-refractivity contribution is 0.112. The van der Waals surface area contributed by atoms with Crippen molar-refractivity contribution in [1.29, 1.82) is 0 Å². The van der Waals surface area contributed by atoms with E-state index in [1.54, 1.807) is 0 Å². The van der Waals surface area contributed by atoms with Gasteiger partial charge in [0.2, 0.25) is 0 Å². The Morgan fingerprint density at radius 1 is 1.47 bits per heavy atom. The largest absolute Gasteiger partial charge is 0.368 e. The average Bonchev–Trinajstić information content (AvgIpc) is 3.09. The van der Waals surface area contributed by atoms with Crippen LogP contribution in [0.2, 0.25) is 0 Å². The zero-order valence-electron chi connectivity index (χ0n) is 10.3. The number of carbonyl (C=O) groups excluding carboxylic acids is 1. The third kappa shape index (κ3) is 3.09. The summed E-state index contributed by atoms with van der Waals surface area (Å²) in [4.78, 5) is 13.3. The number of hydrogen-bond donors (Lipinski definition) is 0. The molecule has 0 radical (unpaired) electrons. The molecule has 0 unspecified atom stereocenters. The molecular formula is C14H18BrNO. The molecule has 2 rings (SSSR count). The molecule has 0 N–H and O–H groups in total. The summed E-state index contributed by atoms with van der Waals surface area (Å²) in [7, 11) is 0. The number of nitrogens with zero attached hydrogens (tertiary/aromatic N) is 1. The zero-order valence-corrected chi connectivity index (χ0v) is 11.9. The molecule has 17 heavy (non-hydrogen) atoms. The van der Waals surface area contributed by atoms with Gasteiger partial charge in [0, 0.05) is 28.3 Å². The lowest BCUT2D eigenvalue weighted by Crippen LogP contribution is -2.29. The molecule has 1 aliphatic rings. The van der Waals surface area contributed by atoms with E-state index in [1.807, 2.05) is 6.07 Å². The summed E-state index contributed by atoms with van der Waals surface area (Å²) in [5.74, 6) is 0.653. The molecule has 0 bridgehead atoms. The molecule has 1 saturated carbocycles. The summed E-state index contributed by atoms with van der Waals surface area (Å²) in [5.41, 5.74) is 1.94. The average molecular weight is 296 g/mol. The minimum Gasteiger partial charge on any atom is -0.368 e. The quantitative estimate of drug-likeness (QED) is 0.768. The number of aldehydes is 1. The third-order valence-electron chi connectivity index (χ3n) is 2.99. The van der Waals surface area contributed by atoms with Gasteiger partial charge in [-0.15, -0.1) is 0 Å². The van der Waals surface area contributed by atoms with Crippen LogP contribution in [-0.4, -0.2) is 18.9 Å². The number of anilines is 1. The van der Waals surface area contributed by atoms with Gasteiger partial charge in [0.25, 0.3) is 0 Å². The summed E-state index contributed by atoms with van der Waals surface area (Å²) >= 11 is 3.45. The second-order valence-corrected chi connectivity index (χ2v) is 5.96. The van der Waals surface area contributed by atoms with E-state index < -0.39 is 0 Å². The number of hydrogen-bond acceptors (Lipinski definition) is 2. The molecule has 0 aliphatic heterocycles. The molecule has 92 valence electrons. The highest BCUT2D eigenvalue weighted by Crippen LogP contribution is 2.34. The first-order chi connectivity index (χ1) is 8.11. The topological polar surface area (TPSA) is 20.3 Å². The van der Waals surface area contributed by atoms with Gasteiger partial charge in [-0.2, -0.15) is 0 Å². The second-order valence-electron chi connectivity index (χ2n) is 5.10. The summed E-state index contributed by atoms with van der Waals surface area (Å²) in [6.45, 7) is 5.56. The maximum absolute atomic E-state index is 10.8. The van der Waals surface area contributed by atoms with Gasteiger partial charge < -0.3 is 4.90 Å². The molecule has 1 aliphatic carbocycles. The van der Waals surface area contributed by atoms with Crippen molar-refractivity contribution < 1.29 is 4.79 Å². The van der Waals surface area contributed by atoms with Crippen molar-refractivity contribution in [2.75, 3.05) is 11.4 Å². The molecule has 0 amide bonds. The zero-order chi connectivity index (χ0) is 12.4. The van der Waals surface area contributed by atoms with Crippen molar-refractivity contribution >= 4 is 27.9 Å². The van der Waals surface area contributed by atoms with Crippen molar-refractivity contribution in [3.63, 3.8) is 0 Å². The van der Waals surface area contributed by atoms with Crippen LogP contribution in [0.5, 0.6) is 0 Å². The first-order valence-electron chi connectivity index (χ1n) is 6.13. The van der Waals surface area contributed by atoms with Gasteiger partial charge in [0.05, 0.1) is 0 Å². The summed E-state index contributed by atoms with van der Waals surface area (Å²) in [6.07, 6.45) is 3.47. The fraction of sp³-hybridized carbons (Fsp3) is 0.500. The Kier molecular flexibility index (Phi) is 3.87. The smallest absolute Gasteiger partial charge is 0.151 e. The van der Waals surface area contributed by atoms with Crippen molar-refractivity contribution in [1.82, 2.24) is 0 Å². The van der Waals surface area contributed by atoms with E-state index in [-0.39, 0.29) is 0 Å². The van der Waals surface area contributed by atoms with Crippen LogP contribution in [0.25, 0.3) is 0 Å². The first-order valence-corrected chi connectivity index (χ1v) is 6.92. The van der Waals surface area contributed by atoms with E-state index >= 15 is 0 Å². The van der Waals surface area contributed by atoms with Crippen LogP contribution in [0.15, 0.2) is 22.7 Å². The number of halogens is 1. The number of rotatable bonds is 5. The van der Waals surface area contributed by atoms with Gasteiger partial charge in [-0.05, 0) is 52.9 Å². The predicted octanol–water partition coefficient (Wildman–Crippen LogP) is 3.89. The molecule has 2 nitrogen and oxygen atoms in total. The van der Waals surface area contributed by atoms with Gasteiger partial charge >= 0.3 is 0 Å². The van der Waals surface area contributed by atoms with Crippen molar-refractivity contribution in [2.45, 2.75) is 32.7 Å². The Hall–Kier alpha value is -0.830. The van der Waals surface area contributed by atoms with E-state index in [0.29, 0.717) is 17.5 Å². The minimum absolute atomic E-state index is 0.653. The number of carbonyl (C=O) groups is 1. The number of benzene rings is 1. The van der Waals surface area contributed by atoms with Crippen molar-refractivity contribution in [3.8, 4) is 0 Å². The molecule has 1 fully saturated rings. The summed E-state index contributed by atoms with van der Waals surface area (Å²) in [6, 6.07) is 6.70. The molecular weight excluding hydrogens is 278 g/mol. The predicted molar refractivity (Wildman–Crippen MR) is 74.7 cm³/mol. The highest BCUT2D eigenvalue weighted by Gasteiger charge is 2.29. The first kappa shape index (κ1) is 12.6. The van der Waals surface area contributed by atoms with Crippen LogP contribution in [0.1, 0.15) is 37.0 Å². The molecule has 3 heteroatoms. The Morgan fingerprint density at radius 3 is 2.65 bits per heavy atom. The Balaban J connectivity index is 2.23. The standard InChI is InChI=1S/C14H18BrNO/c1-10(2)8-16(12-5-6-12)13-4-3-11(9-17)14(15)7-13/h3-4,7,9-10,12H,5-6,8H2,1-2H3. The minimum atomic E-state index is 0.653. The molecule has 0 saturated heterocycles. The third-order valence-corrected chi connectivity index (χ3v) is 3.68. The van der Waals surface area contributed by atoms with Crippen LogP contribution in [-0.2, 0) is 0 Å². The van der Waals surface area contributed by atoms with Gasteiger partial charge in [-0.3, -0.25) is 4.79 Å². The fourth-order valence-corrected chi connectivity index (χ4v) is 2.50. The van der Waals surface area contributed by atoms with E-state index in [9.17, 15) is 4.79 Å². The van der Waals surface area contributed by atoms with Gasteiger partial charge in [0.15, 0.2) is 6.29 Å². The fourth-order valence-electron chi connectivity index (χ4n) is 2.04. The molecule has 0 spiro atoms. The highest BCUT2D eigenvalue weighted by atomic mass is 79.9. The van der Waals surface area contributed by atoms with Gasteiger partial charge in [-0.1, -0.05) is 13.8 Å². The molecule has 0 heterocycles. The Morgan fingerprint density at radius 2 is 2.18 bits per heavy atom. The highest BCUT2D eigenvalue weighted by molar-refractivity contribution is 9.10. The summed E-state index contributed by atoms with van der Waals surface area (Å²) in [5, 5.41) is 0. The maximum atomic E-state index is 10.8. The van der Waals surface area contributed by atoms with Crippen LogP contribution in [0, 0.1) is 5.92 Å². The van der Waals surface area contributed by atoms with Crippen LogP contribution >= 0.6 is 15.9 Å². The Bertz CT molecular complexity index is 413. The van der Waals surface area contributed by atoms with Gasteiger partial charge in [-0.25, -0.2) is 0 Å². The van der Waals surface area contributed by atoms with Crippen LogP contribution < -0.4 is 4.90 Å². The lowest BCUT2D eigenvalue weighted by Gasteiger charge is -2.27. The van der Waals surface area contributed by atoms with Crippen LogP contribution in [0.3, 0.4) is 0 Å². The van der Waals surface area contributed by atoms with Gasteiger partial charge in [0.1, 0.15) is 0 Å². The van der Waals surface area contributed by atoms with E-state index in [1.165, 1.54) is 18.5 Å². The maximum Gasteiger partial charge on any atom is 0.151 e. The Labute approximate surface area is 111 Å². The van der Waals surface area contributed by atoms with E-state index in [0.717, 1.165) is 17.3 Å². The molecule has 1 aromatic carbocycles. The second kappa shape index (κ2) is 5.21. The molecule has 1 aromatic rings. The monoisotopic (exact) mass is 295 g/mol. The molecule has 0 aromatic heterocycles. The molecule has 0 atom stereocenters. The normalized spacial score (nSPS) is 15.1.